The highest BCUT2D eigenvalue weighted by Gasteiger charge is 2.31. The van der Waals surface area contributed by atoms with Crippen LogP contribution in [0.15, 0.2) is 24.3 Å². The van der Waals surface area contributed by atoms with Crippen LogP contribution in [0.3, 0.4) is 0 Å². The number of halogens is 1. The van der Waals surface area contributed by atoms with Crippen molar-refractivity contribution in [3.63, 3.8) is 0 Å². The van der Waals surface area contributed by atoms with Crippen molar-refractivity contribution < 1.29 is 35.1 Å². The molecule has 1 aromatic heterocycles. The second-order valence-corrected chi connectivity index (χ2v) is 11.4. The van der Waals surface area contributed by atoms with Gasteiger partial charge in [-0.15, -0.1) is 0 Å². The molecule has 0 saturated carbocycles. The number of aromatic nitrogens is 2. The van der Waals surface area contributed by atoms with E-state index in [1.807, 2.05) is 29.2 Å². The summed E-state index contributed by atoms with van der Waals surface area (Å²) in [6.45, 7) is 3.43. The van der Waals surface area contributed by atoms with Gasteiger partial charge < -0.3 is 47.1 Å². The lowest BCUT2D eigenvalue weighted by Gasteiger charge is -2.30. The van der Waals surface area contributed by atoms with Crippen LogP contribution in [-0.4, -0.2) is 116 Å². The summed E-state index contributed by atoms with van der Waals surface area (Å²) in [4.78, 5) is 21.8. The number of guanidine groups is 1. The Kier molecular flexibility index (Phi) is 17.5. The third-order valence-electron chi connectivity index (χ3n) is 7.25. The van der Waals surface area contributed by atoms with Crippen molar-refractivity contribution in [1.29, 1.82) is 5.41 Å². The summed E-state index contributed by atoms with van der Waals surface area (Å²) in [6.07, 6.45) is 0.379. The molecule has 0 aliphatic rings. The van der Waals surface area contributed by atoms with E-state index in [0.29, 0.717) is 32.0 Å². The Hall–Kier alpha value is -3.31. The van der Waals surface area contributed by atoms with Crippen LogP contribution < -0.4 is 26.8 Å². The minimum absolute atomic E-state index is 0.0757. The third kappa shape index (κ3) is 13.6. The molecule has 2 rings (SSSR count). The van der Waals surface area contributed by atoms with Crippen molar-refractivity contribution in [3.8, 4) is 5.75 Å². The van der Waals surface area contributed by atoms with Crippen LogP contribution in [0.1, 0.15) is 61.5 Å². The first-order valence-corrected chi connectivity index (χ1v) is 15.8. The molecule has 15 nitrogen and oxygen atoms in total. The van der Waals surface area contributed by atoms with Gasteiger partial charge in [0.05, 0.1) is 12.7 Å². The van der Waals surface area contributed by atoms with E-state index in [2.05, 4.69) is 27.5 Å². The molecule has 258 valence electrons. The number of unbranched alkanes of at least 4 members (excludes halogenated alkanes) is 4. The smallest absolute Gasteiger partial charge is 0.280 e. The summed E-state index contributed by atoms with van der Waals surface area (Å²) in [5.41, 5.74) is 12.1. The van der Waals surface area contributed by atoms with Gasteiger partial charge >= 0.3 is 0 Å². The molecule has 1 heterocycles. The third-order valence-corrected chi connectivity index (χ3v) is 7.53. The lowest BCUT2D eigenvalue weighted by atomic mass is 10.0. The fourth-order valence-corrected chi connectivity index (χ4v) is 4.66. The topological polar surface area (TPSA) is 256 Å². The Bertz CT molecular complexity index is 1210. The predicted octanol–water partition coefficient (Wildman–Crippen LogP) is 0.268. The normalized spacial score (nSPS) is 14.0. The molecular weight excluding hydrogens is 620 g/mol. The quantitative estimate of drug-likeness (QED) is 0.0487. The molecule has 0 unspecified atom stereocenters. The van der Waals surface area contributed by atoms with E-state index in [1.54, 1.807) is 0 Å². The largest absolute Gasteiger partial charge is 0.492 e. The minimum Gasteiger partial charge on any atom is -0.492 e. The summed E-state index contributed by atoms with van der Waals surface area (Å²) in [5, 5.41) is 62.2. The Balaban J connectivity index is 1.73. The van der Waals surface area contributed by atoms with Gasteiger partial charge in [0.25, 0.3) is 5.91 Å². The molecule has 16 heteroatoms. The number of rotatable bonds is 21. The van der Waals surface area contributed by atoms with E-state index in [4.69, 9.17) is 38.3 Å². The van der Waals surface area contributed by atoms with E-state index in [-0.39, 0.29) is 35.0 Å². The molecule has 2 aromatic rings. The number of aryl methyl sites for hydroxylation is 1. The predicted molar refractivity (Wildman–Crippen MR) is 176 cm³/mol. The first-order valence-electron chi connectivity index (χ1n) is 15.5. The zero-order valence-corrected chi connectivity index (χ0v) is 27.0. The summed E-state index contributed by atoms with van der Waals surface area (Å²) in [6, 6.07) is 7.72. The summed E-state index contributed by atoms with van der Waals surface area (Å²) in [5.74, 6) is -0.514. The Labute approximate surface area is 274 Å². The molecule has 0 fully saturated rings. The Morgan fingerprint density at radius 3 is 2.35 bits per heavy atom. The lowest BCUT2D eigenvalue weighted by molar-refractivity contribution is -0.119. The van der Waals surface area contributed by atoms with Gasteiger partial charge in [-0.3, -0.25) is 20.4 Å². The number of ether oxygens (including phenoxy) is 1. The number of nitrogens with two attached hydrogens (primary N) is 2. The SMILES string of the molecule is CCCCCCN(CCOc1ccc(CCCCNC(=N)NC(=O)c2nc(Cl)c(N)nc2N)cc1)C[C@H](O)[C@@H](O)[C@@H](O)[C@H](O)CO. The molecule has 0 saturated heterocycles. The number of benzene rings is 1. The number of nitrogens with one attached hydrogen (secondary N) is 3. The number of aliphatic hydroxyl groups is 5. The highest BCUT2D eigenvalue weighted by molar-refractivity contribution is 6.31. The fourth-order valence-electron chi connectivity index (χ4n) is 4.53. The highest BCUT2D eigenvalue weighted by Crippen LogP contribution is 2.17. The van der Waals surface area contributed by atoms with Crippen LogP contribution in [0.4, 0.5) is 11.6 Å². The van der Waals surface area contributed by atoms with Crippen molar-refractivity contribution in [2.45, 2.75) is 76.3 Å². The lowest BCUT2D eigenvalue weighted by Crippen LogP contribution is -2.50. The zero-order chi connectivity index (χ0) is 34.1. The van der Waals surface area contributed by atoms with Gasteiger partial charge in [0, 0.05) is 19.6 Å². The van der Waals surface area contributed by atoms with Gasteiger partial charge in [-0.2, -0.15) is 0 Å². The number of hydrogen-bond acceptors (Lipinski definition) is 13. The highest BCUT2D eigenvalue weighted by atomic mass is 35.5. The average Bonchev–Trinajstić information content (AvgIpc) is 3.03. The van der Waals surface area contributed by atoms with Gasteiger partial charge in [-0.1, -0.05) is 49.9 Å². The van der Waals surface area contributed by atoms with E-state index < -0.39 is 36.9 Å². The molecule has 0 radical (unpaired) electrons. The van der Waals surface area contributed by atoms with Gasteiger partial charge in [-0.05, 0) is 49.9 Å². The van der Waals surface area contributed by atoms with Gasteiger partial charge in [0.1, 0.15) is 30.7 Å². The number of hydrogen-bond donors (Lipinski definition) is 10. The number of carbonyl (C=O) groups excluding carboxylic acids is 1. The van der Waals surface area contributed by atoms with Crippen LogP contribution in [0, 0.1) is 5.41 Å². The Morgan fingerprint density at radius 1 is 0.978 bits per heavy atom. The molecule has 12 N–H and O–H groups in total. The van der Waals surface area contributed by atoms with E-state index >= 15 is 0 Å². The standard InChI is InChI=1S/C30H49ClN8O7/c1-2-3-4-7-14-39(17-21(41)24(43)25(44)22(42)18-40)15-16-46-20-11-9-19(10-12-20)8-5-6-13-35-30(34)38-29(45)23-27(32)37-28(33)26(31)36-23/h9-12,21-22,24-25,40-44H,2-8,13-18H2,1H3,(H4,32,33,37)(H3,34,35,38,45)/t21-,22+,24+,25-/m0/s1. The first-order chi connectivity index (χ1) is 22.0. The fraction of sp³-hybridized carbons (Fsp3) is 0.600. The summed E-state index contributed by atoms with van der Waals surface area (Å²) >= 11 is 5.80. The molecule has 1 amide bonds. The molecule has 0 aliphatic heterocycles. The van der Waals surface area contributed by atoms with Crippen molar-refractivity contribution in [2.75, 3.05) is 50.9 Å². The number of anilines is 2. The first kappa shape index (κ1) is 38.9. The maximum atomic E-state index is 12.3. The van der Waals surface area contributed by atoms with Crippen LogP contribution >= 0.6 is 11.6 Å². The molecule has 4 atom stereocenters. The number of carbonyl (C=O) groups is 1. The second-order valence-electron chi connectivity index (χ2n) is 11.0. The maximum Gasteiger partial charge on any atom is 0.280 e. The molecular formula is C30H49ClN8O7. The molecule has 0 bridgehead atoms. The van der Waals surface area contributed by atoms with E-state index in [1.165, 1.54) is 0 Å². The van der Waals surface area contributed by atoms with Crippen molar-refractivity contribution in [3.05, 3.63) is 40.7 Å². The number of aliphatic hydroxyl groups excluding tert-OH is 5. The van der Waals surface area contributed by atoms with Gasteiger partial charge in [0.15, 0.2) is 28.4 Å². The van der Waals surface area contributed by atoms with E-state index in [9.17, 15) is 25.2 Å². The van der Waals surface area contributed by atoms with Crippen molar-refractivity contribution in [2.24, 2.45) is 0 Å². The molecule has 46 heavy (non-hydrogen) atoms. The van der Waals surface area contributed by atoms with Crippen molar-refractivity contribution in [1.82, 2.24) is 25.5 Å². The van der Waals surface area contributed by atoms with Crippen LogP contribution in [0.5, 0.6) is 5.75 Å². The molecule has 1 aromatic carbocycles. The summed E-state index contributed by atoms with van der Waals surface area (Å²) in [7, 11) is 0. The molecule has 0 spiro atoms. The minimum atomic E-state index is -1.66. The van der Waals surface area contributed by atoms with Crippen LogP contribution in [-0.2, 0) is 6.42 Å². The maximum absolute atomic E-state index is 12.3. The monoisotopic (exact) mass is 668 g/mol. The number of nitrogens with zero attached hydrogens (tertiary/aromatic N) is 3. The molecule has 0 aliphatic carbocycles. The number of amides is 1. The summed E-state index contributed by atoms with van der Waals surface area (Å²) < 4.78 is 5.91. The van der Waals surface area contributed by atoms with Crippen molar-refractivity contribution >= 4 is 35.1 Å². The Morgan fingerprint density at radius 2 is 1.67 bits per heavy atom. The van der Waals surface area contributed by atoms with Gasteiger partial charge in [-0.25, -0.2) is 9.97 Å². The zero-order valence-electron chi connectivity index (χ0n) is 26.2. The van der Waals surface area contributed by atoms with Crippen LogP contribution in [0.25, 0.3) is 0 Å². The number of nitrogen functional groups attached to an aromatic ring is 2. The van der Waals surface area contributed by atoms with Gasteiger partial charge in [0.2, 0.25) is 0 Å². The van der Waals surface area contributed by atoms with E-state index in [0.717, 1.165) is 50.5 Å². The average molecular weight is 669 g/mol. The van der Waals surface area contributed by atoms with Crippen LogP contribution in [0.2, 0.25) is 5.15 Å². The second kappa shape index (κ2) is 20.7.